The highest BCUT2D eigenvalue weighted by molar-refractivity contribution is 9.10. The van der Waals surface area contributed by atoms with Gasteiger partial charge in [-0.05, 0) is 58.7 Å². The summed E-state index contributed by atoms with van der Waals surface area (Å²) in [6.07, 6.45) is -0.574. The molecule has 0 aromatic heterocycles. The van der Waals surface area contributed by atoms with Crippen molar-refractivity contribution in [2.75, 3.05) is 11.1 Å². The van der Waals surface area contributed by atoms with Crippen LogP contribution in [-0.2, 0) is 0 Å². The van der Waals surface area contributed by atoms with Gasteiger partial charge in [0.25, 0.3) is 5.91 Å². The number of carbonyl (C=O) groups is 1. The number of hydrogen-bond acceptors (Lipinski definition) is 3. The van der Waals surface area contributed by atoms with Crippen molar-refractivity contribution in [3.63, 3.8) is 0 Å². The monoisotopic (exact) mass is 334 g/mol. The highest BCUT2D eigenvalue weighted by Gasteiger charge is 2.09. The van der Waals surface area contributed by atoms with Crippen molar-refractivity contribution in [1.82, 2.24) is 0 Å². The molecule has 20 heavy (non-hydrogen) atoms. The molecular formula is C15H15BrN2O2. The summed E-state index contributed by atoms with van der Waals surface area (Å²) in [6.45, 7) is 1.68. The second-order valence-corrected chi connectivity index (χ2v) is 5.35. The number of nitrogens with two attached hydrogens (primary N) is 1. The van der Waals surface area contributed by atoms with E-state index in [4.69, 9.17) is 5.73 Å². The molecule has 2 aromatic carbocycles. The van der Waals surface area contributed by atoms with Crippen molar-refractivity contribution in [3.05, 3.63) is 58.1 Å². The summed E-state index contributed by atoms with van der Waals surface area (Å²) in [5, 5.41) is 12.3. The number of halogens is 1. The Labute approximate surface area is 125 Å². The fraction of sp³-hybridized carbons (Fsp3) is 0.133. The molecule has 0 bridgehead atoms. The Morgan fingerprint density at radius 2 is 2.05 bits per heavy atom. The number of nitrogen functional groups attached to an aromatic ring is 1. The van der Waals surface area contributed by atoms with Gasteiger partial charge in [0.15, 0.2) is 0 Å². The third-order valence-electron chi connectivity index (χ3n) is 2.89. The van der Waals surface area contributed by atoms with Crippen LogP contribution >= 0.6 is 15.9 Å². The van der Waals surface area contributed by atoms with Gasteiger partial charge in [-0.2, -0.15) is 0 Å². The Hall–Kier alpha value is -1.85. The Balaban J connectivity index is 2.19. The van der Waals surface area contributed by atoms with Gasteiger partial charge >= 0.3 is 0 Å². The molecule has 1 amide bonds. The SMILES string of the molecule is CC(O)c1cccc(NC(=O)c2ccc(Br)c(N)c2)c1. The number of nitrogens with one attached hydrogen (secondary N) is 1. The largest absolute Gasteiger partial charge is 0.398 e. The van der Waals surface area contributed by atoms with E-state index in [9.17, 15) is 9.90 Å². The first-order valence-electron chi connectivity index (χ1n) is 6.12. The maximum atomic E-state index is 12.1. The number of amides is 1. The van der Waals surface area contributed by atoms with Crippen LogP contribution in [0, 0.1) is 0 Å². The van der Waals surface area contributed by atoms with Gasteiger partial charge in [0, 0.05) is 21.4 Å². The number of hydrogen-bond donors (Lipinski definition) is 3. The molecule has 0 saturated heterocycles. The summed E-state index contributed by atoms with van der Waals surface area (Å²) in [7, 11) is 0. The van der Waals surface area contributed by atoms with Gasteiger partial charge in [0.05, 0.1) is 6.10 Å². The quantitative estimate of drug-likeness (QED) is 0.753. The molecule has 0 heterocycles. The van der Waals surface area contributed by atoms with Crippen molar-refractivity contribution >= 4 is 33.2 Å². The molecule has 4 nitrogen and oxygen atoms in total. The lowest BCUT2D eigenvalue weighted by molar-refractivity contribution is 0.102. The number of aliphatic hydroxyl groups is 1. The molecule has 0 spiro atoms. The summed E-state index contributed by atoms with van der Waals surface area (Å²) >= 11 is 3.29. The molecule has 2 rings (SSSR count). The van der Waals surface area contributed by atoms with Crippen molar-refractivity contribution in [1.29, 1.82) is 0 Å². The van der Waals surface area contributed by atoms with Crippen LogP contribution in [0.2, 0.25) is 0 Å². The van der Waals surface area contributed by atoms with Gasteiger partial charge in [0.2, 0.25) is 0 Å². The molecular weight excluding hydrogens is 320 g/mol. The summed E-state index contributed by atoms with van der Waals surface area (Å²) in [6, 6.07) is 12.1. The second kappa shape index (κ2) is 6.07. The van der Waals surface area contributed by atoms with Gasteiger partial charge in [-0.15, -0.1) is 0 Å². The average molecular weight is 335 g/mol. The maximum absolute atomic E-state index is 12.1. The van der Waals surface area contributed by atoms with Crippen LogP contribution in [0.1, 0.15) is 28.9 Å². The first-order valence-corrected chi connectivity index (χ1v) is 6.91. The maximum Gasteiger partial charge on any atom is 0.255 e. The molecule has 1 atom stereocenters. The van der Waals surface area contributed by atoms with E-state index in [1.807, 2.05) is 0 Å². The lowest BCUT2D eigenvalue weighted by Crippen LogP contribution is -2.12. The molecule has 104 valence electrons. The lowest BCUT2D eigenvalue weighted by atomic mass is 10.1. The van der Waals surface area contributed by atoms with Crippen LogP contribution in [0.25, 0.3) is 0 Å². The molecule has 0 saturated carbocycles. The predicted molar refractivity (Wildman–Crippen MR) is 83.6 cm³/mol. The number of anilines is 2. The van der Waals surface area contributed by atoms with Crippen LogP contribution in [0.15, 0.2) is 46.9 Å². The summed E-state index contributed by atoms with van der Waals surface area (Å²) < 4.78 is 0.755. The lowest BCUT2D eigenvalue weighted by Gasteiger charge is -2.09. The average Bonchev–Trinajstić information content (AvgIpc) is 2.42. The first-order chi connectivity index (χ1) is 9.47. The predicted octanol–water partition coefficient (Wildman–Crippen LogP) is 3.34. The number of benzene rings is 2. The topological polar surface area (TPSA) is 75.3 Å². The highest BCUT2D eigenvalue weighted by Crippen LogP contribution is 2.22. The molecule has 2 aromatic rings. The summed E-state index contributed by atoms with van der Waals surface area (Å²) in [5.41, 5.74) is 8.13. The highest BCUT2D eigenvalue weighted by atomic mass is 79.9. The molecule has 1 unspecified atom stereocenters. The van der Waals surface area contributed by atoms with Gasteiger partial charge in [-0.25, -0.2) is 0 Å². The molecule has 0 radical (unpaired) electrons. The van der Waals surface area contributed by atoms with Crippen LogP contribution in [-0.4, -0.2) is 11.0 Å². The summed E-state index contributed by atoms with van der Waals surface area (Å²) in [5.74, 6) is -0.244. The zero-order valence-electron chi connectivity index (χ0n) is 10.9. The normalized spacial score (nSPS) is 11.9. The summed E-state index contributed by atoms with van der Waals surface area (Å²) in [4.78, 5) is 12.1. The fourth-order valence-corrected chi connectivity index (χ4v) is 2.01. The molecule has 0 aliphatic rings. The molecule has 5 heteroatoms. The van der Waals surface area contributed by atoms with E-state index in [0.717, 1.165) is 10.0 Å². The van der Waals surface area contributed by atoms with Crippen LogP contribution in [0.4, 0.5) is 11.4 Å². The zero-order chi connectivity index (χ0) is 14.7. The number of carbonyl (C=O) groups excluding carboxylic acids is 1. The van der Waals surface area contributed by atoms with Crippen molar-refractivity contribution in [2.45, 2.75) is 13.0 Å². The third-order valence-corrected chi connectivity index (χ3v) is 3.61. The molecule has 0 aliphatic carbocycles. The standard InChI is InChI=1S/C15H15BrN2O2/c1-9(19)10-3-2-4-12(7-10)18-15(20)11-5-6-13(16)14(17)8-11/h2-9,19H,17H2,1H3,(H,18,20). The van der Waals surface area contributed by atoms with Crippen LogP contribution in [0.5, 0.6) is 0 Å². The third kappa shape index (κ3) is 3.37. The Bertz CT molecular complexity index is 642. The Morgan fingerprint density at radius 3 is 2.70 bits per heavy atom. The minimum atomic E-state index is -0.574. The molecule has 0 aliphatic heterocycles. The van der Waals surface area contributed by atoms with Crippen molar-refractivity contribution in [3.8, 4) is 0 Å². The second-order valence-electron chi connectivity index (χ2n) is 4.49. The van der Waals surface area contributed by atoms with E-state index in [1.165, 1.54) is 0 Å². The van der Waals surface area contributed by atoms with Gasteiger partial charge in [0.1, 0.15) is 0 Å². The first kappa shape index (κ1) is 14.6. The Kier molecular flexibility index (Phi) is 4.42. The van der Waals surface area contributed by atoms with E-state index in [1.54, 1.807) is 49.4 Å². The smallest absolute Gasteiger partial charge is 0.255 e. The minimum absolute atomic E-state index is 0.244. The number of rotatable bonds is 3. The van der Waals surface area contributed by atoms with E-state index < -0.39 is 6.10 Å². The van der Waals surface area contributed by atoms with Crippen molar-refractivity contribution in [2.24, 2.45) is 0 Å². The van der Waals surface area contributed by atoms with Crippen LogP contribution in [0.3, 0.4) is 0 Å². The molecule has 4 N–H and O–H groups in total. The van der Waals surface area contributed by atoms with Gasteiger partial charge < -0.3 is 16.2 Å². The van der Waals surface area contributed by atoms with Crippen LogP contribution < -0.4 is 11.1 Å². The van der Waals surface area contributed by atoms with E-state index in [-0.39, 0.29) is 5.91 Å². The Morgan fingerprint density at radius 1 is 1.30 bits per heavy atom. The van der Waals surface area contributed by atoms with E-state index in [0.29, 0.717) is 16.9 Å². The minimum Gasteiger partial charge on any atom is -0.398 e. The number of aliphatic hydroxyl groups excluding tert-OH is 1. The molecule has 0 fully saturated rings. The van der Waals surface area contributed by atoms with E-state index >= 15 is 0 Å². The van der Waals surface area contributed by atoms with E-state index in [2.05, 4.69) is 21.2 Å². The fourth-order valence-electron chi connectivity index (χ4n) is 1.76. The van der Waals surface area contributed by atoms with Gasteiger partial charge in [-0.3, -0.25) is 4.79 Å². The van der Waals surface area contributed by atoms with Gasteiger partial charge in [-0.1, -0.05) is 12.1 Å². The zero-order valence-corrected chi connectivity index (χ0v) is 12.5. The van der Waals surface area contributed by atoms with Crippen molar-refractivity contribution < 1.29 is 9.90 Å².